The maximum atomic E-state index is 5.30. The minimum Gasteiger partial charge on any atom is -0.368 e. The van der Waals surface area contributed by atoms with Crippen LogP contribution in [0.3, 0.4) is 0 Å². The lowest BCUT2D eigenvalue weighted by atomic mass is 10.2. The van der Waals surface area contributed by atoms with Crippen molar-refractivity contribution in [1.82, 2.24) is 10.3 Å². The summed E-state index contributed by atoms with van der Waals surface area (Å²) in [4.78, 5) is 9.37. The Morgan fingerprint density at radius 2 is 1.68 bits per heavy atom. The first-order chi connectivity index (χ1) is 12.3. The fraction of sp³-hybridized carbons (Fsp3) is 0.368. The molecule has 1 aromatic heterocycles. The second-order valence-corrected chi connectivity index (χ2v) is 7.00. The third-order valence-corrected chi connectivity index (χ3v) is 4.86. The molecule has 4 rings (SSSR count). The zero-order valence-electron chi connectivity index (χ0n) is 14.2. The van der Waals surface area contributed by atoms with Gasteiger partial charge in [-0.25, -0.2) is 4.98 Å². The van der Waals surface area contributed by atoms with Crippen molar-refractivity contribution in [3.05, 3.63) is 48.7 Å². The SMILES string of the molecule is S=C(Nc1ccc(N2CCN(c3ccccc3)CC2)nc1)NC1CC1. The highest BCUT2D eigenvalue weighted by Gasteiger charge is 2.22. The molecule has 0 atom stereocenters. The molecule has 0 spiro atoms. The van der Waals surface area contributed by atoms with Crippen LogP contribution in [-0.2, 0) is 0 Å². The third-order valence-electron chi connectivity index (χ3n) is 4.64. The quantitative estimate of drug-likeness (QED) is 0.824. The Morgan fingerprint density at radius 1 is 0.960 bits per heavy atom. The largest absolute Gasteiger partial charge is 0.368 e. The van der Waals surface area contributed by atoms with Gasteiger partial charge in [-0.15, -0.1) is 0 Å². The van der Waals surface area contributed by atoms with Crippen molar-refractivity contribution in [2.75, 3.05) is 41.3 Å². The van der Waals surface area contributed by atoms with E-state index in [4.69, 9.17) is 12.2 Å². The van der Waals surface area contributed by atoms with E-state index < -0.39 is 0 Å². The molecule has 5 nitrogen and oxygen atoms in total. The Morgan fingerprint density at radius 3 is 2.32 bits per heavy atom. The van der Waals surface area contributed by atoms with Crippen molar-refractivity contribution in [3.8, 4) is 0 Å². The fourth-order valence-electron chi connectivity index (χ4n) is 3.06. The molecule has 0 unspecified atom stereocenters. The molecule has 2 N–H and O–H groups in total. The Hall–Kier alpha value is -2.34. The van der Waals surface area contributed by atoms with Crippen LogP contribution in [0.5, 0.6) is 0 Å². The van der Waals surface area contributed by atoms with Gasteiger partial charge < -0.3 is 20.4 Å². The smallest absolute Gasteiger partial charge is 0.171 e. The van der Waals surface area contributed by atoms with E-state index in [0.717, 1.165) is 37.7 Å². The van der Waals surface area contributed by atoms with Crippen LogP contribution in [0.25, 0.3) is 0 Å². The Balaban J connectivity index is 1.31. The molecule has 0 bridgehead atoms. The molecule has 130 valence electrons. The molecule has 2 aromatic rings. The summed E-state index contributed by atoms with van der Waals surface area (Å²) in [6.45, 7) is 3.99. The molecule has 1 aromatic carbocycles. The molecular formula is C19H23N5S. The van der Waals surface area contributed by atoms with Gasteiger partial charge in [0, 0.05) is 37.9 Å². The molecule has 1 aliphatic carbocycles. The van der Waals surface area contributed by atoms with Gasteiger partial charge in [-0.2, -0.15) is 0 Å². The first-order valence-electron chi connectivity index (χ1n) is 8.86. The van der Waals surface area contributed by atoms with Gasteiger partial charge in [0.05, 0.1) is 11.9 Å². The summed E-state index contributed by atoms with van der Waals surface area (Å²) in [6, 6.07) is 15.3. The standard InChI is InChI=1S/C19H23N5S/c25-19(21-15-6-7-15)22-16-8-9-18(20-14-16)24-12-10-23(11-13-24)17-4-2-1-3-5-17/h1-5,8-9,14-15H,6-7,10-13H2,(H2,21,22,25). The van der Waals surface area contributed by atoms with E-state index in [9.17, 15) is 0 Å². The van der Waals surface area contributed by atoms with E-state index in [1.54, 1.807) is 0 Å². The van der Waals surface area contributed by atoms with Gasteiger partial charge in [-0.05, 0) is 49.3 Å². The van der Waals surface area contributed by atoms with Crippen LogP contribution in [0.1, 0.15) is 12.8 Å². The maximum absolute atomic E-state index is 5.30. The third kappa shape index (κ3) is 4.20. The summed E-state index contributed by atoms with van der Waals surface area (Å²) in [5.41, 5.74) is 2.23. The van der Waals surface area contributed by atoms with Crippen LogP contribution in [-0.4, -0.2) is 42.3 Å². The molecule has 2 aliphatic rings. The lowest BCUT2D eigenvalue weighted by Gasteiger charge is -2.36. The Bertz CT molecular complexity index is 706. The van der Waals surface area contributed by atoms with Crippen LogP contribution < -0.4 is 20.4 Å². The average Bonchev–Trinajstić information content (AvgIpc) is 3.47. The number of thiocarbonyl (C=S) groups is 1. The van der Waals surface area contributed by atoms with Gasteiger partial charge in [-0.3, -0.25) is 0 Å². The average molecular weight is 353 g/mol. The zero-order valence-corrected chi connectivity index (χ0v) is 15.0. The van der Waals surface area contributed by atoms with Gasteiger partial charge in [0.1, 0.15) is 5.82 Å². The Kier molecular flexibility index (Phi) is 4.70. The summed E-state index contributed by atoms with van der Waals surface area (Å²) in [6.07, 6.45) is 4.29. The van der Waals surface area contributed by atoms with Crippen LogP contribution in [0.15, 0.2) is 48.7 Å². The second kappa shape index (κ2) is 7.27. The molecule has 1 aliphatic heterocycles. The van der Waals surface area contributed by atoms with Gasteiger partial charge in [-0.1, -0.05) is 18.2 Å². The zero-order chi connectivity index (χ0) is 17.1. The molecular weight excluding hydrogens is 330 g/mol. The number of hydrogen-bond acceptors (Lipinski definition) is 4. The lowest BCUT2D eigenvalue weighted by molar-refractivity contribution is 0.647. The van der Waals surface area contributed by atoms with Crippen molar-refractivity contribution in [1.29, 1.82) is 0 Å². The summed E-state index contributed by atoms with van der Waals surface area (Å²) in [5.74, 6) is 1.03. The normalized spacial score (nSPS) is 17.3. The van der Waals surface area contributed by atoms with Gasteiger partial charge in [0.15, 0.2) is 5.11 Å². The van der Waals surface area contributed by atoms with E-state index in [0.29, 0.717) is 11.2 Å². The highest BCUT2D eigenvalue weighted by molar-refractivity contribution is 7.80. The van der Waals surface area contributed by atoms with Crippen LogP contribution in [0.2, 0.25) is 0 Å². The van der Waals surface area contributed by atoms with Gasteiger partial charge >= 0.3 is 0 Å². The number of hydrogen-bond donors (Lipinski definition) is 2. The second-order valence-electron chi connectivity index (χ2n) is 6.59. The highest BCUT2D eigenvalue weighted by Crippen LogP contribution is 2.21. The topological polar surface area (TPSA) is 43.4 Å². The minimum atomic E-state index is 0.563. The molecule has 25 heavy (non-hydrogen) atoms. The van der Waals surface area contributed by atoms with Gasteiger partial charge in [0.2, 0.25) is 0 Å². The number of anilines is 3. The van der Waals surface area contributed by atoms with E-state index in [1.807, 2.05) is 12.3 Å². The van der Waals surface area contributed by atoms with Gasteiger partial charge in [0.25, 0.3) is 0 Å². The van der Waals surface area contributed by atoms with Crippen molar-refractivity contribution in [2.24, 2.45) is 0 Å². The molecule has 0 radical (unpaired) electrons. The van der Waals surface area contributed by atoms with Crippen LogP contribution in [0.4, 0.5) is 17.2 Å². The fourth-order valence-corrected chi connectivity index (χ4v) is 3.34. The number of benzene rings is 1. The molecule has 2 heterocycles. The minimum absolute atomic E-state index is 0.563. The predicted molar refractivity (Wildman–Crippen MR) is 107 cm³/mol. The summed E-state index contributed by atoms with van der Waals surface area (Å²) < 4.78 is 0. The number of pyridine rings is 1. The number of para-hydroxylation sites is 1. The molecule has 6 heteroatoms. The number of piperazine rings is 1. The molecule has 1 saturated heterocycles. The Labute approximate surface area is 154 Å². The first-order valence-corrected chi connectivity index (χ1v) is 9.27. The maximum Gasteiger partial charge on any atom is 0.171 e. The van der Waals surface area contributed by atoms with Crippen molar-refractivity contribution in [2.45, 2.75) is 18.9 Å². The number of nitrogens with zero attached hydrogens (tertiary/aromatic N) is 3. The van der Waals surface area contributed by atoms with E-state index in [2.05, 4.69) is 61.8 Å². The first kappa shape index (κ1) is 16.1. The monoisotopic (exact) mass is 353 g/mol. The number of rotatable bonds is 4. The number of nitrogens with one attached hydrogen (secondary N) is 2. The van der Waals surface area contributed by atoms with E-state index in [-0.39, 0.29) is 0 Å². The number of aromatic nitrogens is 1. The predicted octanol–water partition coefficient (Wildman–Crippen LogP) is 2.86. The summed E-state index contributed by atoms with van der Waals surface area (Å²) >= 11 is 5.30. The van der Waals surface area contributed by atoms with Crippen LogP contribution in [0, 0.1) is 0 Å². The van der Waals surface area contributed by atoms with Crippen molar-refractivity contribution < 1.29 is 0 Å². The van der Waals surface area contributed by atoms with Crippen molar-refractivity contribution in [3.63, 3.8) is 0 Å². The summed E-state index contributed by atoms with van der Waals surface area (Å²) in [5, 5.41) is 7.17. The molecule has 1 saturated carbocycles. The van der Waals surface area contributed by atoms with E-state index in [1.165, 1.54) is 18.5 Å². The molecule has 2 fully saturated rings. The van der Waals surface area contributed by atoms with Crippen molar-refractivity contribution >= 4 is 34.5 Å². The van der Waals surface area contributed by atoms with Crippen LogP contribution >= 0.6 is 12.2 Å². The summed E-state index contributed by atoms with van der Waals surface area (Å²) in [7, 11) is 0. The molecule has 0 amide bonds. The van der Waals surface area contributed by atoms with E-state index >= 15 is 0 Å². The highest BCUT2D eigenvalue weighted by atomic mass is 32.1. The lowest BCUT2D eigenvalue weighted by Crippen LogP contribution is -2.46.